The Morgan fingerprint density at radius 2 is 1.91 bits per heavy atom. The third kappa shape index (κ3) is 1.58. The van der Waals surface area contributed by atoms with Crippen molar-refractivity contribution in [2.45, 2.75) is 13.8 Å². The smallest absolute Gasteiger partial charge is 0.204 e. The van der Waals surface area contributed by atoms with Gasteiger partial charge in [-0.3, -0.25) is 4.79 Å². The molecule has 0 heterocycles. The Hall–Kier alpha value is -1.31. The van der Waals surface area contributed by atoms with Gasteiger partial charge in [0.25, 0.3) is 0 Å². The molecule has 0 amide bonds. The van der Waals surface area contributed by atoms with Crippen LogP contribution in [0.2, 0.25) is 0 Å². The lowest BCUT2D eigenvalue weighted by Crippen LogP contribution is -2.06. The number of rotatable bonds is 0. The van der Waals surface area contributed by atoms with Crippen LogP contribution >= 0.6 is 0 Å². The summed E-state index contributed by atoms with van der Waals surface area (Å²) in [7, 11) is 0. The molecule has 2 nitrogen and oxygen atoms in total. The molecule has 58 valence electrons. The van der Waals surface area contributed by atoms with E-state index in [2.05, 4.69) is 0 Å². The van der Waals surface area contributed by atoms with Gasteiger partial charge in [-0.2, -0.15) is 0 Å². The van der Waals surface area contributed by atoms with Crippen LogP contribution in [-0.4, -0.2) is 0 Å². The van der Waals surface area contributed by atoms with Crippen molar-refractivity contribution >= 4 is 5.69 Å². The molecule has 0 aliphatic rings. The second-order valence-corrected chi connectivity index (χ2v) is 2.69. The molecular formula is C9H11NO. The first-order chi connectivity index (χ1) is 5.11. The van der Waals surface area contributed by atoms with Crippen LogP contribution in [0.25, 0.3) is 0 Å². The highest BCUT2D eigenvalue weighted by Crippen LogP contribution is 1.99. The van der Waals surface area contributed by atoms with Crippen LogP contribution in [-0.2, 0) is 0 Å². The van der Waals surface area contributed by atoms with E-state index in [1.54, 1.807) is 13.0 Å². The van der Waals surface area contributed by atoms with E-state index in [-0.39, 0.29) is 5.43 Å². The van der Waals surface area contributed by atoms with Gasteiger partial charge in [-0.15, -0.1) is 0 Å². The summed E-state index contributed by atoms with van der Waals surface area (Å²) in [5.74, 6) is 0. The van der Waals surface area contributed by atoms with Crippen molar-refractivity contribution in [2.75, 3.05) is 5.73 Å². The summed E-state index contributed by atoms with van der Waals surface area (Å²) in [6, 6.07) is 5.31. The molecule has 0 aliphatic heterocycles. The average molecular weight is 149 g/mol. The molecule has 1 aromatic rings. The van der Waals surface area contributed by atoms with E-state index in [1.165, 1.54) is 0 Å². The van der Waals surface area contributed by atoms with E-state index >= 15 is 0 Å². The first kappa shape index (κ1) is 7.79. The Morgan fingerprint density at radius 1 is 1.27 bits per heavy atom. The lowest BCUT2D eigenvalue weighted by Gasteiger charge is -1.83. The zero-order valence-electron chi connectivity index (χ0n) is 6.72. The summed E-state index contributed by atoms with van der Waals surface area (Å²) in [6.07, 6.45) is 0. The maximum Gasteiger partial charge on any atom is 0.204 e. The predicted molar refractivity (Wildman–Crippen MR) is 46.6 cm³/mol. The third-order valence-corrected chi connectivity index (χ3v) is 1.59. The van der Waals surface area contributed by atoms with Gasteiger partial charge in [0.1, 0.15) is 0 Å². The lowest BCUT2D eigenvalue weighted by molar-refractivity contribution is 1.40. The van der Waals surface area contributed by atoms with Crippen LogP contribution in [0.3, 0.4) is 0 Å². The average Bonchev–Trinajstić information content (AvgIpc) is 2.05. The SMILES string of the molecule is Cc1ccc(N)c(=O)c(C)c1. The van der Waals surface area contributed by atoms with E-state index in [0.29, 0.717) is 11.3 Å². The zero-order chi connectivity index (χ0) is 8.43. The van der Waals surface area contributed by atoms with Gasteiger partial charge < -0.3 is 5.73 Å². The van der Waals surface area contributed by atoms with Crippen molar-refractivity contribution in [1.29, 1.82) is 0 Å². The molecule has 11 heavy (non-hydrogen) atoms. The van der Waals surface area contributed by atoms with Crippen LogP contribution in [0.4, 0.5) is 5.69 Å². The molecule has 0 saturated carbocycles. The molecule has 0 aliphatic carbocycles. The fourth-order valence-corrected chi connectivity index (χ4v) is 0.980. The van der Waals surface area contributed by atoms with Gasteiger partial charge >= 0.3 is 0 Å². The standard InChI is InChI=1S/C9H11NO/c1-6-3-4-8(10)9(11)7(2)5-6/h3-5H,1-2H3,(H2,10,11). The number of aryl methyl sites for hydroxylation is 2. The topological polar surface area (TPSA) is 43.1 Å². The summed E-state index contributed by atoms with van der Waals surface area (Å²) in [5.41, 5.74) is 7.45. The van der Waals surface area contributed by atoms with Crippen molar-refractivity contribution in [2.24, 2.45) is 0 Å². The van der Waals surface area contributed by atoms with Crippen LogP contribution < -0.4 is 11.2 Å². The second-order valence-electron chi connectivity index (χ2n) is 2.69. The number of hydrogen-bond acceptors (Lipinski definition) is 2. The molecule has 0 unspecified atom stereocenters. The molecule has 0 bridgehead atoms. The highest BCUT2D eigenvalue weighted by Gasteiger charge is 1.94. The predicted octanol–water partition coefficient (Wildman–Crippen LogP) is 1.25. The van der Waals surface area contributed by atoms with Crippen molar-refractivity contribution in [3.05, 3.63) is 39.5 Å². The number of nitrogen functional groups attached to an aromatic ring is 1. The van der Waals surface area contributed by atoms with Gasteiger partial charge in [0.05, 0.1) is 5.69 Å². The fourth-order valence-electron chi connectivity index (χ4n) is 0.980. The Morgan fingerprint density at radius 3 is 2.55 bits per heavy atom. The van der Waals surface area contributed by atoms with Crippen molar-refractivity contribution in [1.82, 2.24) is 0 Å². The minimum absolute atomic E-state index is 0.0712. The fraction of sp³-hybridized carbons (Fsp3) is 0.222. The summed E-state index contributed by atoms with van der Waals surface area (Å²) in [5, 5.41) is 0. The van der Waals surface area contributed by atoms with Gasteiger partial charge in [0.15, 0.2) is 0 Å². The Labute approximate surface area is 65.7 Å². The molecule has 0 spiro atoms. The lowest BCUT2D eigenvalue weighted by atomic mass is 10.2. The molecule has 0 atom stereocenters. The van der Waals surface area contributed by atoms with Crippen LogP contribution in [0.5, 0.6) is 0 Å². The third-order valence-electron chi connectivity index (χ3n) is 1.59. The van der Waals surface area contributed by atoms with E-state index in [0.717, 1.165) is 5.56 Å². The maximum absolute atomic E-state index is 11.2. The van der Waals surface area contributed by atoms with Gasteiger partial charge in [-0.1, -0.05) is 17.7 Å². The summed E-state index contributed by atoms with van der Waals surface area (Å²) < 4.78 is 0. The minimum Gasteiger partial charge on any atom is -0.396 e. The number of nitrogens with two attached hydrogens (primary N) is 1. The molecule has 0 radical (unpaired) electrons. The van der Waals surface area contributed by atoms with Crippen molar-refractivity contribution in [3.63, 3.8) is 0 Å². The molecule has 0 fully saturated rings. The molecule has 0 saturated heterocycles. The van der Waals surface area contributed by atoms with Crippen molar-refractivity contribution in [3.8, 4) is 0 Å². The van der Waals surface area contributed by atoms with Gasteiger partial charge in [0, 0.05) is 0 Å². The highest BCUT2D eigenvalue weighted by molar-refractivity contribution is 5.40. The molecule has 0 aromatic heterocycles. The monoisotopic (exact) mass is 149 g/mol. The summed E-state index contributed by atoms with van der Waals surface area (Å²) in [4.78, 5) is 11.2. The van der Waals surface area contributed by atoms with E-state index in [9.17, 15) is 4.79 Å². The van der Waals surface area contributed by atoms with Gasteiger partial charge in [-0.05, 0) is 25.5 Å². The molecular weight excluding hydrogens is 138 g/mol. The minimum atomic E-state index is -0.0712. The first-order valence-corrected chi connectivity index (χ1v) is 3.48. The quantitative estimate of drug-likeness (QED) is 0.603. The molecule has 2 N–H and O–H groups in total. The summed E-state index contributed by atoms with van der Waals surface area (Å²) in [6.45, 7) is 3.71. The van der Waals surface area contributed by atoms with Crippen LogP contribution in [0, 0.1) is 13.8 Å². The largest absolute Gasteiger partial charge is 0.396 e. The van der Waals surface area contributed by atoms with Gasteiger partial charge in [-0.25, -0.2) is 0 Å². The molecule has 2 heteroatoms. The Bertz CT molecular complexity index is 331. The zero-order valence-corrected chi connectivity index (χ0v) is 6.72. The van der Waals surface area contributed by atoms with E-state index in [1.807, 2.05) is 19.1 Å². The second kappa shape index (κ2) is 2.74. The number of anilines is 1. The first-order valence-electron chi connectivity index (χ1n) is 3.48. The maximum atomic E-state index is 11.2. The summed E-state index contributed by atoms with van der Waals surface area (Å²) >= 11 is 0. The van der Waals surface area contributed by atoms with Crippen LogP contribution in [0.15, 0.2) is 23.0 Å². The molecule has 1 rings (SSSR count). The normalized spacial score (nSPS) is 9.64. The Kier molecular flexibility index (Phi) is 1.94. The van der Waals surface area contributed by atoms with Crippen molar-refractivity contribution < 1.29 is 0 Å². The Balaban J connectivity index is 3.57. The molecule has 1 aromatic carbocycles. The van der Waals surface area contributed by atoms with Crippen LogP contribution in [0.1, 0.15) is 11.1 Å². The number of hydrogen-bond donors (Lipinski definition) is 1. The van der Waals surface area contributed by atoms with E-state index < -0.39 is 0 Å². The van der Waals surface area contributed by atoms with E-state index in [4.69, 9.17) is 5.73 Å². The highest BCUT2D eigenvalue weighted by atomic mass is 16.1. The van der Waals surface area contributed by atoms with Gasteiger partial charge in [0.2, 0.25) is 5.43 Å².